The Bertz CT molecular complexity index is 344. The minimum Gasteiger partial charge on any atom is -0.491 e. The second-order valence-corrected chi connectivity index (χ2v) is 4.12. The molecule has 16 heavy (non-hydrogen) atoms. The van der Waals surface area contributed by atoms with E-state index in [0.717, 1.165) is 12.8 Å². The minimum absolute atomic E-state index is 0.0672. The van der Waals surface area contributed by atoms with Gasteiger partial charge in [0.1, 0.15) is 6.10 Å². The average molecular weight is 222 g/mol. The van der Waals surface area contributed by atoms with E-state index < -0.39 is 0 Å². The normalized spacial score (nSPS) is 25.1. The Hall–Kier alpha value is -1.29. The molecule has 4 heteroatoms. The number of hydrogen-bond acceptors (Lipinski definition) is 4. The van der Waals surface area contributed by atoms with Crippen molar-refractivity contribution in [3.05, 3.63) is 18.3 Å². The van der Waals surface area contributed by atoms with Gasteiger partial charge < -0.3 is 15.2 Å². The first-order valence-corrected chi connectivity index (χ1v) is 5.72. The van der Waals surface area contributed by atoms with Crippen LogP contribution in [-0.4, -0.2) is 24.2 Å². The summed E-state index contributed by atoms with van der Waals surface area (Å²) >= 11 is 0. The first-order chi connectivity index (χ1) is 7.81. The third kappa shape index (κ3) is 2.44. The Morgan fingerprint density at radius 1 is 1.38 bits per heavy atom. The second kappa shape index (κ2) is 5.16. The molecule has 1 aliphatic rings. The summed E-state index contributed by atoms with van der Waals surface area (Å²) in [5, 5.41) is 0. The van der Waals surface area contributed by atoms with Crippen LogP contribution in [0.2, 0.25) is 0 Å². The van der Waals surface area contributed by atoms with Gasteiger partial charge in [0.25, 0.3) is 5.88 Å². The van der Waals surface area contributed by atoms with Crippen LogP contribution in [-0.2, 0) is 0 Å². The van der Waals surface area contributed by atoms with E-state index in [1.54, 1.807) is 13.3 Å². The molecule has 1 fully saturated rings. The summed E-state index contributed by atoms with van der Waals surface area (Å²) in [6.45, 7) is 0. The Labute approximate surface area is 95.8 Å². The van der Waals surface area contributed by atoms with Gasteiger partial charge in [0, 0.05) is 12.2 Å². The summed E-state index contributed by atoms with van der Waals surface area (Å²) in [5.41, 5.74) is 6.02. The molecule has 2 unspecified atom stereocenters. The number of methoxy groups -OCH3 is 1. The number of nitrogens with zero attached hydrogens (tertiary/aromatic N) is 1. The molecule has 88 valence electrons. The predicted molar refractivity (Wildman–Crippen MR) is 61.6 cm³/mol. The molecule has 0 aromatic carbocycles. The van der Waals surface area contributed by atoms with Gasteiger partial charge in [-0.05, 0) is 31.4 Å². The van der Waals surface area contributed by atoms with Crippen LogP contribution in [0.25, 0.3) is 0 Å². The average Bonchev–Trinajstić information content (AvgIpc) is 2.33. The highest BCUT2D eigenvalue weighted by Crippen LogP contribution is 2.27. The van der Waals surface area contributed by atoms with Crippen LogP contribution >= 0.6 is 0 Å². The molecule has 1 aromatic rings. The lowest BCUT2D eigenvalue weighted by molar-refractivity contribution is 0.122. The number of hydrogen-bond donors (Lipinski definition) is 1. The molecule has 1 heterocycles. The van der Waals surface area contributed by atoms with Crippen molar-refractivity contribution in [2.24, 2.45) is 5.73 Å². The van der Waals surface area contributed by atoms with Crippen molar-refractivity contribution in [1.82, 2.24) is 4.98 Å². The monoisotopic (exact) mass is 222 g/mol. The van der Waals surface area contributed by atoms with Crippen LogP contribution in [0.5, 0.6) is 11.6 Å². The van der Waals surface area contributed by atoms with E-state index in [9.17, 15) is 0 Å². The highest BCUT2D eigenvalue weighted by Gasteiger charge is 2.24. The molecule has 0 amide bonds. The zero-order valence-corrected chi connectivity index (χ0v) is 9.56. The molecule has 0 aliphatic heterocycles. The van der Waals surface area contributed by atoms with Crippen molar-refractivity contribution in [3.63, 3.8) is 0 Å². The van der Waals surface area contributed by atoms with Crippen LogP contribution in [0.1, 0.15) is 25.7 Å². The van der Waals surface area contributed by atoms with Gasteiger partial charge in [-0.2, -0.15) is 0 Å². The molecule has 0 bridgehead atoms. The highest BCUT2D eigenvalue weighted by atomic mass is 16.5. The number of rotatable bonds is 3. The quantitative estimate of drug-likeness (QED) is 0.846. The molecular formula is C12H18N2O2. The maximum atomic E-state index is 6.02. The van der Waals surface area contributed by atoms with Crippen LogP contribution in [0.4, 0.5) is 0 Å². The Kier molecular flexibility index (Phi) is 3.62. The van der Waals surface area contributed by atoms with E-state index in [0.29, 0.717) is 11.6 Å². The number of ether oxygens (including phenoxy) is 2. The molecule has 0 spiro atoms. The fourth-order valence-electron chi connectivity index (χ4n) is 2.04. The van der Waals surface area contributed by atoms with Gasteiger partial charge in [-0.3, -0.25) is 0 Å². The summed E-state index contributed by atoms with van der Waals surface area (Å²) < 4.78 is 11.0. The van der Waals surface area contributed by atoms with E-state index in [1.165, 1.54) is 12.8 Å². The zero-order chi connectivity index (χ0) is 11.4. The van der Waals surface area contributed by atoms with Crippen molar-refractivity contribution in [2.45, 2.75) is 37.8 Å². The Balaban J connectivity index is 2.07. The predicted octanol–water partition coefficient (Wildman–Crippen LogP) is 1.74. The van der Waals surface area contributed by atoms with Crippen molar-refractivity contribution >= 4 is 0 Å². The maximum Gasteiger partial charge on any atom is 0.257 e. The van der Waals surface area contributed by atoms with Gasteiger partial charge in [0.15, 0.2) is 5.75 Å². The van der Waals surface area contributed by atoms with Crippen LogP contribution in [0.3, 0.4) is 0 Å². The lowest BCUT2D eigenvalue weighted by Gasteiger charge is -2.28. The first kappa shape index (κ1) is 11.2. The number of nitrogens with two attached hydrogens (primary N) is 1. The summed E-state index contributed by atoms with van der Waals surface area (Å²) in [4.78, 5) is 4.18. The van der Waals surface area contributed by atoms with E-state index in [1.807, 2.05) is 12.1 Å². The maximum absolute atomic E-state index is 6.02. The van der Waals surface area contributed by atoms with Crippen molar-refractivity contribution in [3.8, 4) is 11.6 Å². The standard InChI is InChI=1S/C12H18N2O2/c1-15-11-7-4-8-14-12(11)16-10-6-3-2-5-9(10)13/h4,7-10H,2-3,5-6,13H2,1H3. The van der Waals surface area contributed by atoms with Crippen LogP contribution in [0.15, 0.2) is 18.3 Å². The SMILES string of the molecule is COc1cccnc1OC1CCCCC1N. The summed E-state index contributed by atoms with van der Waals surface area (Å²) in [5.74, 6) is 1.22. The van der Waals surface area contributed by atoms with Gasteiger partial charge >= 0.3 is 0 Å². The topological polar surface area (TPSA) is 57.4 Å². The summed E-state index contributed by atoms with van der Waals surface area (Å²) in [6.07, 6.45) is 6.17. The first-order valence-electron chi connectivity index (χ1n) is 5.72. The molecule has 2 rings (SSSR count). The van der Waals surface area contributed by atoms with E-state index in [2.05, 4.69) is 4.98 Å². The van der Waals surface area contributed by atoms with Gasteiger partial charge in [0.05, 0.1) is 7.11 Å². The summed E-state index contributed by atoms with van der Waals surface area (Å²) in [6, 6.07) is 3.78. The largest absolute Gasteiger partial charge is 0.491 e. The summed E-state index contributed by atoms with van der Waals surface area (Å²) in [7, 11) is 1.62. The molecular weight excluding hydrogens is 204 g/mol. The second-order valence-electron chi connectivity index (χ2n) is 4.12. The molecule has 1 saturated carbocycles. The molecule has 0 saturated heterocycles. The van der Waals surface area contributed by atoms with E-state index >= 15 is 0 Å². The fraction of sp³-hybridized carbons (Fsp3) is 0.583. The smallest absolute Gasteiger partial charge is 0.257 e. The van der Waals surface area contributed by atoms with E-state index in [-0.39, 0.29) is 12.1 Å². The third-order valence-electron chi connectivity index (χ3n) is 2.97. The third-order valence-corrected chi connectivity index (χ3v) is 2.97. The molecule has 2 atom stereocenters. The van der Waals surface area contributed by atoms with Gasteiger partial charge in [-0.1, -0.05) is 6.42 Å². The van der Waals surface area contributed by atoms with Crippen molar-refractivity contribution in [1.29, 1.82) is 0 Å². The van der Waals surface area contributed by atoms with Gasteiger partial charge in [-0.15, -0.1) is 0 Å². The van der Waals surface area contributed by atoms with Gasteiger partial charge in [0.2, 0.25) is 0 Å². The van der Waals surface area contributed by atoms with E-state index in [4.69, 9.17) is 15.2 Å². The molecule has 1 aromatic heterocycles. The fourth-order valence-corrected chi connectivity index (χ4v) is 2.04. The number of pyridine rings is 1. The molecule has 0 radical (unpaired) electrons. The van der Waals surface area contributed by atoms with Crippen molar-refractivity contribution < 1.29 is 9.47 Å². The van der Waals surface area contributed by atoms with Crippen LogP contribution < -0.4 is 15.2 Å². The molecule has 2 N–H and O–H groups in total. The van der Waals surface area contributed by atoms with Crippen molar-refractivity contribution in [2.75, 3.05) is 7.11 Å². The lowest BCUT2D eigenvalue weighted by Crippen LogP contribution is -2.41. The Morgan fingerprint density at radius 3 is 2.94 bits per heavy atom. The zero-order valence-electron chi connectivity index (χ0n) is 9.56. The number of aromatic nitrogens is 1. The molecule has 4 nitrogen and oxygen atoms in total. The lowest BCUT2D eigenvalue weighted by atomic mass is 9.93. The highest BCUT2D eigenvalue weighted by molar-refractivity contribution is 5.32. The molecule has 1 aliphatic carbocycles. The minimum atomic E-state index is 0.0672. The van der Waals surface area contributed by atoms with Gasteiger partial charge in [-0.25, -0.2) is 4.98 Å². The Morgan fingerprint density at radius 2 is 2.19 bits per heavy atom. The van der Waals surface area contributed by atoms with Crippen LogP contribution in [0, 0.1) is 0 Å².